The average molecular weight is 186 g/mol. The van der Waals surface area contributed by atoms with E-state index in [1.165, 1.54) is 0 Å². The van der Waals surface area contributed by atoms with Crippen LogP contribution in [0.3, 0.4) is 0 Å². The Balaban J connectivity index is 2.89. The second kappa shape index (κ2) is 3.32. The second-order valence-corrected chi connectivity index (χ2v) is 4.08. The van der Waals surface area contributed by atoms with Gasteiger partial charge in [0.25, 0.3) is 0 Å². The Labute approximate surface area is 76.7 Å². The van der Waals surface area contributed by atoms with E-state index >= 15 is 0 Å². The molecule has 0 aromatic heterocycles. The lowest BCUT2D eigenvalue weighted by molar-refractivity contribution is -0.150. The summed E-state index contributed by atoms with van der Waals surface area (Å²) in [6, 6.07) is -0.779. The first-order chi connectivity index (χ1) is 5.99. The van der Waals surface area contributed by atoms with Gasteiger partial charge in [0, 0.05) is 6.54 Å². The summed E-state index contributed by atoms with van der Waals surface area (Å²) in [7, 11) is 0. The minimum Gasteiger partial charge on any atom is -0.480 e. The zero-order valence-corrected chi connectivity index (χ0v) is 7.86. The summed E-state index contributed by atoms with van der Waals surface area (Å²) < 4.78 is 0. The number of aliphatic carboxylic acids is 1. The zero-order chi connectivity index (χ0) is 10.1. The molecule has 0 saturated carbocycles. The fourth-order valence-corrected chi connectivity index (χ4v) is 1.92. The maximum Gasteiger partial charge on any atom is 0.328 e. The molecule has 1 atom stereocenters. The minimum atomic E-state index is -0.968. The van der Waals surface area contributed by atoms with Crippen LogP contribution in [0.2, 0.25) is 0 Å². The molecular formula is C8H14N2O3. The van der Waals surface area contributed by atoms with Gasteiger partial charge in [0.1, 0.15) is 0 Å². The van der Waals surface area contributed by atoms with E-state index in [4.69, 9.17) is 5.11 Å². The molecule has 0 amide bonds. The van der Waals surface area contributed by atoms with E-state index in [1.807, 2.05) is 13.8 Å². The van der Waals surface area contributed by atoms with Crippen LogP contribution >= 0.6 is 0 Å². The number of carbonyl (C=O) groups is 1. The fourth-order valence-electron chi connectivity index (χ4n) is 1.92. The van der Waals surface area contributed by atoms with Gasteiger partial charge in [0.05, 0.1) is 5.29 Å². The topological polar surface area (TPSA) is 70.0 Å². The Morgan fingerprint density at radius 3 is 2.62 bits per heavy atom. The quantitative estimate of drug-likeness (QED) is 0.659. The molecule has 1 aliphatic rings. The number of nitroso groups, excluding NO2 is 1. The van der Waals surface area contributed by atoms with E-state index in [-0.39, 0.29) is 5.41 Å². The van der Waals surface area contributed by atoms with Gasteiger partial charge in [-0.25, -0.2) is 9.80 Å². The van der Waals surface area contributed by atoms with E-state index in [0.717, 1.165) is 17.9 Å². The first-order valence-corrected chi connectivity index (χ1v) is 4.32. The van der Waals surface area contributed by atoms with Gasteiger partial charge in [-0.15, -0.1) is 4.91 Å². The van der Waals surface area contributed by atoms with Crippen LogP contribution in [0.4, 0.5) is 0 Å². The molecule has 0 bridgehead atoms. The molecule has 0 aromatic carbocycles. The molecule has 1 saturated heterocycles. The highest BCUT2D eigenvalue weighted by Crippen LogP contribution is 2.35. The van der Waals surface area contributed by atoms with Crippen LogP contribution in [0.15, 0.2) is 5.29 Å². The summed E-state index contributed by atoms with van der Waals surface area (Å²) in [6.07, 6.45) is 1.64. The molecule has 0 aliphatic carbocycles. The van der Waals surface area contributed by atoms with Crippen molar-refractivity contribution in [3.05, 3.63) is 4.91 Å². The molecule has 0 spiro atoms. The average Bonchev–Trinajstić information content (AvgIpc) is 2.01. The Kier molecular flexibility index (Phi) is 2.54. The van der Waals surface area contributed by atoms with E-state index in [1.54, 1.807) is 0 Å². The van der Waals surface area contributed by atoms with Crippen molar-refractivity contribution >= 4 is 5.97 Å². The molecule has 1 unspecified atom stereocenters. The highest BCUT2D eigenvalue weighted by molar-refractivity contribution is 5.74. The minimum absolute atomic E-state index is 0.377. The largest absolute Gasteiger partial charge is 0.480 e. The Hall–Kier alpha value is -1.13. The standard InChI is InChI=1S/C8H14N2O3/c1-8(2)4-3-5-10(9-13)6(8)7(11)12/h6H,3-5H2,1-2H3,(H,11,12). The monoisotopic (exact) mass is 186 g/mol. The number of piperidine rings is 1. The number of hydrogen-bond donors (Lipinski definition) is 1. The first kappa shape index (κ1) is 9.95. The van der Waals surface area contributed by atoms with Crippen LogP contribution in [0.1, 0.15) is 26.7 Å². The third kappa shape index (κ3) is 1.79. The van der Waals surface area contributed by atoms with Gasteiger partial charge in [-0.1, -0.05) is 13.8 Å². The molecule has 5 nitrogen and oxygen atoms in total. The predicted molar refractivity (Wildman–Crippen MR) is 46.9 cm³/mol. The van der Waals surface area contributed by atoms with Gasteiger partial charge in [0.15, 0.2) is 6.04 Å². The zero-order valence-electron chi connectivity index (χ0n) is 7.86. The van der Waals surface area contributed by atoms with E-state index in [2.05, 4.69) is 5.29 Å². The lowest BCUT2D eigenvalue weighted by Gasteiger charge is -2.40. The molecule has 13 heavy (non-hydrogen) atoms. The van der Waals surface area contributed by atoms with Crippen molar-refractivity contribution < 1.29 is 9.90 Å². The first-order valence-electron chi connectivity index (χ1n) is 4.32. The van der Waals surface area contributed by atoms with Gasteiger partial charge in [0.2, 0.25) is 0 Å². The summed E-state index contributed by atoms with van der Waals surface area (Å²) in [4.78, 5) is 21.3. The number of carboxylic acids is 1. The van der Waals surface area contributed by atoms with Crippen LogP contribution < -0.4 is 0 Å². The van der Waals surface area contributed by atoms with Crippen LogP contribution in [0.25, 0.3) is 0 Å². The van der Waals surface area contributed by atoms with Gasteiger partial charge in [-0.05, 0) is 18.3 Å². The number of carboxylic acid groups (broad SMARTS) is 1. The van der Waals surface area contributed by atoms with E-state index in [9.17, 15) is 9.70 Å². The molecule has 1 fully saturated rings. The van der Waals surface area contributed by atoms with Gasteiger partial charge in [-0.3, -0.25) is 0 Å². The van der Waals surface area contributed by atoms with Crippen molar-refractivity contribution in [2.24, 2.45) is 10.7 Å². The highest BCUT2D eigenvalue weighted by atomic mass is 16.4. The molecular weight excluding hydrogens is 172 g/mol. The number of hydrogen-bond acceptors (Lipinski definition) is 3. The van der Waals surface area contributed by atoms with Crippen molar-refractivity contribution in [2.75, 3.05) is 6.54 Å². The summed E-state index contributed by atoms with van der Waals surface area (Å²) in [5, 5.41) is 12.8. The summed E-state index contributed by atoms with van der Waals surface area (Å²) in [5.41, 5.74) is -0.377. The Morgan fingerprint density at radius 1 is 1.62 bits per heavy atom. The Bertz CT molecular complexity index is 227. The Morgan fingerprint density at radius 2 is 2.23 bits per heavy atom. The summed E-state index contributed by atoms with van der Waals surface area (Å²) >= 11 is 0. The van der Waals surface area contributed by atoms with Gasteiger partial charge in [-0.2, -0.15) is 0 Å². The van der Waals surface area contributed by atoms with E-state index < -0.39 is 12.0 Å². The van der Waals surface area contributed by atoms with Crippen molar-refractivity contribution in [2.45, 2.75) is 32.7 Å². The molecule has 1 rings (SSSR count). The molecule has 1 N–H and O–H groups in total. The molecule has 1 heterocycles. The number of nitrogens with zero attached hydrogens (tertiary/aromatic N) is 2. The maximum absolute atomic E-state index is 10.9. The molecule has 0 aromatic rings. The molecule has 0 radical (unpaired) electrons. The summed E-state index contributed by atoms with van der Waals surface area (Å²) in [6.45, 7) is 4.15. The van der Waals surface area contributed by atoms with Crippen LogP contribution in [-0.2, 0) is 4.79 Å². The maximum atomic E-state index is 10.9. The molecule has 1 aliphatic heterocycles. The lowest BCUT2D eigenvalue weighted by atomic mass is 9.77. The van der Waals surface area contributed by atoms with Crippen LogP contribution in [0, 0.1) is 10.3 Å². The second-order valence-electron chi connectivity index (χ2n) is 4.08. The lowest BCUT2D eigenvalue weighted by Crippen LogP contribution is -2.51. The normalized spacial score (nSPS) is 26.9. The van der Waals surface area contributed by atoms with Crippen LogP contribution in [-0.4, -0.2) is 28.7 Å². The molecule has 74 valence electrons. The van der Waals surface area contributed by atoms with Gasteiger partial charge < -0.3 is 5.11 Å². The number of rotatable bonds is 2. The fraction of sp³-hybridized carbons (Fsp3) is 0.875. The third-order valence-corrected chi connectivity index (χ3v) is 2.59. The SMILES string of the molecule is CC1(C)CCCN(N=O)C1C(=O)O. The van der Waals surface area contributed by atoms with Gasteiger partial charge >= 0.3 is 5.97 Å². The summed E-state index contributed by atoms with van der Waals surface area (Å²) in [5.74, 6) is -0.968. The predicted octanol–water partition coefficient (Wildman–Crippen LogP) is 1.24. The van der Waals surface area contributed by atoms with Crippen molar-refractivity contribution in [1.29, 1.82) is 0 Å². The van der Waals surface area contributed by atoms with Crippen molar-refractivity contribution in [3.63, 3.8) is 0 Å². The smallest absolute Gasteiger partial charge is 0.328 e. The van der Waals surface area contributed by atoms with Crippen molar-refractivity contribution in [1.82, 2.24) is 5.01 Å². The van der Waals surface area contributed by atoms with E-state index in [0.29, 0.717) is 6.54 Å². The molecule has 5 heteroatoms. The van der Waals surface area contributed by atoms with Crippen LogP contribution in [0.5, 0.6) is 0 Å². The highest BCUT2D eigenvalue weighted by Gasteiger charge is 2.43. The third-order valence-electron chi connectivity index (χ3n) is 2.59. The van der Waals surface area contributed by atoms with Crippen molar-refractivity contribution in [3.8, 4) is 0 Å².